The summed E-state index contributed by atoms with van der Waals surface area (Å²) in [6.07, 6.45) is -0.613. The summed E-state index contributed by atoms with van der Waals surface area (Å²) in [7, 11) is 0. The molecule has 118 valence electrons. The van der Waals surface area contributed by atoms with E-state index in [4.69, 9.17) is 4.42 Å². The topological polar surface area (TPSA) is 88.2 Å². The molecule has 1 heterocycles. The second kappa shape index (κ2) is 6.27. The zero-order valence-electron chi connectivity index (χ0n) is 13.3. The number of amides is 1. The lowest BCUT2D eigenvalue weighted by molar-refractivity contribution is 0.0587. The van der Waals surface area contributed by atoms with Crippen LogP contribution in [0, 0.1) is 12.3 Å². The molecule has 2 rings (SSSR count). The second-order valence-electron chi connectivity index (χ2n) is 6.30. The van der Waals surface area contributed by atoms with Gasteiger partial charge < -0.3 is 14.8 Å². The lowest BCUT2D eigenvalue weighted by atomic mass is 9.89. The molecule has 0 fully saturated rings. The number of carbonyl (C=O) groups is 1. The Balaban J connectivity index is 2.08. The van der Waals surface area contributed by atoms with E-state index in [9.17, 15) is 9.90 Å². The Kier molecular flexibility index (Phi) is 4.61. The molecule has 0 saturated heterocycles. The third kappa shape index (κ3) is 3.92. The molecule has 0 aliphatic heterocycles. The van der Waals surface area contributed by atoms with Crippen molar-refractivity contribution in [1.29, 1.82) is 0 Å². The summed E-state index contributed by atoms with van der Waals surface area (Å²) in [4.78, 5) is 12.2. The SMILES string of the molecule is Cc1nnc(-c2cccc(C(=O)NCC(O)C(C)(C)C)c2)o1. The smallest absolute Gasteiger partial charge is 0.251 e. The fourth-order valence-corrected chi connectivity index (χ4v) is 1.80. The summed E-state index contributed by atoms with van der Waals surface area (Å²) in [5.41, 5.74) is 0.884. The van der Waals surface area contributed by atoms with Crippen molar-refractivity contribution in [3.63, 3.8) is 0 Å². The lowest BCUT2D eigenvalue weighted by Crippen LogP contribution is -2.39. The Labute approximate surface area is 129 Å². The van der Waals surface area contributed by atoms with E-state index < -0.39 is 6.10 Å². The number of nitrogens with zero attached hydrogens (tertiary/aromatic N) is 2. The quantitative estimate of drug-likeness (QED) is 0.904. The molecule has 0 aliphatic carbocycles. The first-order valence-corrected chi connectivity index (χ1v) is 7.14. The molecule has 1 atom stereocenters. The van der Waals surface area contributed by atoms with E-state index >= 15 is 0 Å². The monoisotopic (exact) mass is 303 g/mol. The van der Waals surface area contributed by atoms with Crippen molar-refractivity contribution in [3.05, 3.63) is 35.7 Å². The molecular formula is C16H21N3O3. The van der Waals surface area contributed by atoms with Crippen molar-refractivity contribution in [3.8, 4) is 11.5 Å². The Hall–Kier alpha value is -2.21. The molecule has 0 aliphatic rings. The zero-order valence-corrected chi connectivity index (χ0v) is 13.3. The molecule has 22 heavy (non-hydrogen) atoms. The summed E-state index contributed by atoms with van der Waals surface area (Å²) in [6, 6.07) is 6.94. The molecule has 6 heteroatoms. The van der Waals surface area contributed by atoms with Crippen molar-refractivity contribution >= 4 is 5.91 Å². The predicted molar refractivity (Wildman–Crippen MR) is 82.3 cm³/mol. The van der Waals surface area contributed by atoms with Crippen LogP contribution >= 0.6 is 0 Å². The van der Waals surface area contributed by atoms with Gasteiger partial charge in [-0.1, -0.05) is 26.8 Å². The van der Waals surface area contributed by atoms with Gasteiger partial charge in [-0.25, -0.2) is 0 Å². The van der Waals surface area contributed by atoms with Gasteiger partial charge in [0.05, 0.1) is 6.10 Å². The average Bonchev–Trinajstić information content (AvgIpc) is 2.90. The number of hydrogen-bond donors (Lipinski definition) is 2. The van der Waals surface area contributed by atoms with Crippen molar-refractivity contribution < 1.29 is 14.3 Å². The molecule has 0 saturated carbocycles. The lowest BCUT2D eigenvalue weighted by Gasteiger charge is -2.25. The first-order chi connectivity index (χ1) is 10.3. The van der Waals surface area contributed by atoms with Crippen LogP contribution in [0.15, 0.2) is 28.7 Å². The normalized spacial score (nSPS) is 13.0. The standard InChI is InChI=1S/C16H21N3O3/c1-10-18-19-15(22-10)12-7-5-6-11(8-12)14(21)17-9-13(20)16(2,3)4/h5-8,13,20H,9H2,1-4H3,(H,17,21). The van der Waals surface area contributed by atoms with Gasteiger partial charge in [-0.15, -0.1) is 10.2 Å². The van der Waals surface area contributed by atoms with E-state index in [0.29, 0.717) is 22.9 Å². The Morgan fingerprint density at radius 2 is 2.09 bits per heavy atom. The molecule has 1 aromatic heterocycles. The summed E-state index contributed by atoms with van der Waals surface area (Å²) in [6.45, 7) is 7.67. The van der Waals surface area contributed by atoms with Crippen LogP contribution in [-0.4, -0.2) is 33.9 Å². The highest BCUT2D eigenvalue weighted by molar-refractivity contribution is 5.95. The first kappa shape index (κ1) is 16.2. The molecule has 2 aromatic rings. The fraction of sp³-hybridized carbons (Fsp3) is 0.438. The van der Waals surface area contributed by atoms with Gasteiger partial charge in [-0.3, -0.25) is 4.79 Å². The van der Waals surface area contributed by atoms with Crippen molar-refractivity contribution in [2.75, 3.05) is 6.54 Å². The zero-order chi connectivity index (χ0) is 16.3. The summed E-state index contributed by atoms with van der Waals surface area (Å²) in [5.74, 6) is 0.599. The Morgan fingerprint density at radius 3 is 2.68 bits per heavy atom. The van der Waals surface area contributed by atoms with E-state index in [-0.39, 0.29) is 17.9 Å². The minimum absolute atomic E-state index is 0.201. The molecule has 0 radical (unpaired) electrons. The molecular weight excluding hydrogens is 282 g/mol. The molecule has 0 bridgehead atoms. The number of carbonyl (C=O) groups excluding carboxylic acids is 1. The number of benzene rings is 1. The van der Waals surface area contributed by atoms with Crippen molar-refractivity contribution in [2.45, 2.75) is 33.8 Å². The number of rotatable bonds is 4. The van der Waals surface area contributed by atoms with Gasteiger partial charge in [0, 0.05) is 24.6 Å². The number of nitrogens with one attached hydrogen (secondary N) is 1. The van der Waals surface area contributed by atoms with Crippen LogP contribution in [0.2, 0.25) is 0 Å². The van der Waals surface area contributed by atoms with Crippen LogP contribution in [0.25, 0.3) is 11.5 Å². The fourth-order valence-electron chi connectivity index (χ4n) is 1.80. The highest BCUT2D eigenvalue weighted by Crippen LogP contribution is 2.20. The van der Waals surface area contributed by atoms with Crippen molar-refractivity contribution in [1.82, 2.24) is 15.5 Å². The van der Waals surface area contributed by atoms with Gasteiger partial charge in [0.15, 0.2) is 0 Å². The van der Waals surface area contributed by atoms with E-state index in [1.807, 2.05) is 20.8 Å². The third-order valence-corrected chi connectivity index (χ3v) is 3.35. The van der Waals surface area contributed by atoms with Gasteiger partial charge in [0.25, 0.3) is 5.91 Å². The van der Waals surface area contributed by atoms with Crippen molar-refractivity contribution in [2.24, 2.45) is 5.41 Å². The molecule has 6 nitrogen and oxygen atoms in total. The van der Waals surface area contributed by atoms with E-state index in [1.165, 1.54) is 0 Å². The van der Waals surface area contributed by atoms with Crippen LogP contribution in [0.3, 0.4) is 0 Å². The van der Waals surface area contributed by atoms with E-state index in [1.54, 1.807) is 31.2 Å². The molecule has 1 unspecified atom stereocenters. The molecule has 1 amide bonds. The number of hydrogen-bond acceptors (Lipinski definition) is 5. The van der Waals surface area contributed by atoms with E-state index in [0.717, 1.165) is 0 Å². The summed E-state index contributed by atoms with van der Waals surface area (Å²) < 4.78 is 5.35. The maximum absolute atomic E-state index is 12.2. The van der Waals surface area contributed by atoms with Gasteiger partial charge in [0.2, 0.25) is 11.8 Å². The maximum atomic E-state index is 12.2. The van der Waals surface area contributed by atoms with Crippen LogP contribution < -0.4 is 5.32 Å². The minimum Gasteiger partial charge on any atom is -0.421 e. The minimum atomic E-state index is -0.613. The third-order valence-electron chi connectivity index (χ3n) is 3.35. The maximum Gasteiger partial charge on any atom is 0.251 e. The number of aromatic nitrogens is 2. The Bertz CT molecular complexity index is 659. The largest absolute Gasteiger partial charge is 0.421 e. The van der Waals surface area contributed by atoms with Crippen LogP contribution in [-0.2, 0) is 0 Å². The van der Waals surface area contributed by atoms with Crippen LogP contribution in [0.5, 0.6) is 0 Å². The molecule has 1 aromatic carbocycles. The van der Waals surface area contributed by atoms with Crippen LogP contribution in [0.1, 0.15) is 37.0 Å². The summed E-state index contributed by atoms with van der Waals surface area (Å²) in [5, 5.41) is 20.4. The summed E-state index contributed by atoms with van der Waals surface area (Å²) >= 11 is 0. The predicted octanol–water partition coefficient (Wildman–Crippen LogP) is 2.18. The van der Waals surface area contributed by atoms with Gasteiger partial charge in [0.1, 0.15) is 0 Å². The average molecular weight is 303 g/mol. The molecule has 2 N–H and O–H groups in total. The second-order valence-corrected chi connectivity index (χ2v) is 6.30. The van der Waals surface area contributed by atoms with Crippen LogP contribution in [0.4, 0.5) is 0 Å². The number of aryl methyl sites for hydroxylation is 1. The van der Waals surface area contributed by atoms with E-state index in [2.05, 4.69) is 15.5 Å². The first-order valence-electron chi connectivity index (χ1n) is 7.14. The van der Waals surface area contributed by atoms with Gasteiger partial charge in [-0.05, 0) is 23.6 Å². The van der Waals surface area contributed by atoms with Gasteiger partial charge >= 0.3 is 0 Å². The van der Waals surface area contributed by atoms with Gasteiger partial charge in [-0.2, -0.15) is 0 Å². The highest BCUT2D eigenvalue weighted by atomic mass is 16.4. The Morgan fingerprint density at radius 1 is 1.36 bits per heavy atom. The highest BCUT2D eigenvalue weighted by Gasteiger charge is 2.22. The number of aliphatic hydroxyl groups excluding tert-OH is 1. The number of aliphatic hydroxyl groups is 1. The molecule has 0 spiro atoms.